The molecule has 1 aliphatic heterocycles. The van der Waals surface area contributed by atoms with Gasteiger partial charge >= 0.3 is 12.1 Å². The Morgan fingerprint density at radius 1 is 1.58 bits per heavy atom. The maximum atomic E-state index is 13.5. The smallest absolute Gasteiger partial charge is 0.417 e. The highest BCUT2D eigenvalue weighted by molar-refractivity contribution is 5.67. The number of pyridine rings is 1. The minimum absolute atomic E-state index is 0.0159. The highest BCUT2D eigenvalue weighted by Crippen LogP contribution is 2.39. The van der Waals surface area contributed by atoms with Crippen LogP contribution in [-0.4, -0.2) is 42.2 Å². The normalized spacial score (nSPS) is 18.0. The number of hydrogen-bond donors (Lipinski definition) is 1. The van der Waals surface area contributed by atoms with Crippen molar-refractivity contribution in [2.45, 2.75) is 38.9 Å². The molecule has 26 heavy (non-hydrogen) atoms. The van der Waals surface area contributed by atoms with Gasteiger partial charge < -0.3 is 14.9 Å². The molecule has 9 heteroatoms. The Hall–Kier alpha value is -2.50. The van der Waals surface area contributed by atoms with E-state index >= 15 is 0 Å². The molecule has 2 heterocycles. The molecular formula is C17H21F3N4O2. The summed E-state index contributed by atoms with van der Waals surface area (Å²) in [5.41, 5.74) is -1.49. The van der Waals surface area contributed by atoms with E-state index in [1.807, 2.05) is 6.92 Å². The summed E-state index contributed by atoms with van der Waals surface area (Å²) in [6.07, 6.45) is -3.95. The number of alkyl halides is 3. The van der Waals surface area contributed by atoms with Gasteiger partial charge in [-0.1, -0.05) is 6.92 Å². The number of halogens is 3. The molecule has 0 aromatic carbocycles. The Morgan fingerprint density at radius 3 is 2.65 bits per heavy atom. The molecule has 1 aromatic heterocycles. The van der Waals surface area contributed by atoms with Crippen molar-refractivity contribution in [2.75, 3.05) is 29.9 Å². The molecule has 1 aliphatic rings. The van der Waals surface area contributed by atoms with Crippen molar-refractivity contribution in [1.82, 2.24) is 4.98 Å². The predicted octanol–water partition coefficient (Wildman–Crippen LogP) is 3.12. The first-order valence-electron chi connectivity index (χ1n) is 8.26. The average molecular weight is 370 g/mol. The lowest BCUT2D eigenvalue weighted by Gasteiger charge is -2.41. The lowest BCUT2D eigenvalue weighted by Crippen LogP contribution is -2.47. The van der Waals surface area contributed by atoms with Crippen LogP contribution < -0.4 is 9.80 Å². The SMILES string of the molecule is CC(CC(=O)O)CN(C)c1cc(C(F)(F)F)c(C#N)c(N2CC[C@@H]2C)n1. The highest BCUT2D eigenvalue weighted by atomic mass is 19.4. The first kappa shape index (κ1) is 19.8. The van der Waals surface area contributed by atoms with E-state index in [4.69, 9.17) is 5.11 Å². The van der Waals surface area contributed by atoms with Crippen LogP contribution in [-0.2, 0) is 11.0 Å². The summed E-state index contributed by atoms with van der Waals surface area (Å²) in [7, 11) is 1.57. The molecule has 6 nitrogen and oxygen atoms in total. The van der Waals surface area contributed by atoms with Gasteiger partial charge in [-0.05, 0) is 25.3 Å². The van der Waals surface area contributed by atoms with E-state index in [0.717, 1.165) is 12.5 Å². The first-order valence-corrected chi connectivity index (χ1v) is 8.26. The predicted molar refractivity (Wildman–Crippen MR) is 90.1 cm³/mol. The van der Waals surface area contributed by atoms with Crippen molar-refractivity contribution in [2.24, 2.45) is 5.92 Å². The Labute approximate surface area is 149 Å². The maximum Gasteiger partial charge on any atom is 0.417 e. The molecule has 1 aromatic rings. The quantitative estimate of drug-likeness (QED) is 0.829. The second-order valence-corrected chi connectivity index (χ2v) is 6.75. The van der Waals surface area contributed by atoms with Gasteiger partial charge in [-0.2, -0.15) is 18.4 Å². The van der Waals surface area contributed by atoms with Gasteiger partial charge in [0.05, 0.1) is 5.56 Å². The lowest BCUT2D eigenvalue weighted by atomic mass is 10.0. The Kier molecular flexibility index (Phi) is 5.64. The van der Waals surface area contributed by atoms with E-state index in [1.54, 1.807) is 24.9 Å². The maximum absolute atomic E-state index is 13.5. The molecular weight excluding hydrogens is 349 g/mol. The monoisotopic (exact) mass is 370 g/mol. The topological polar surface area (TPSA) is 80.5 Å². The Bertz CT molecular complexity index is 730. The van der Waals surface area contributed by atoms with Crippen molar-refractivity contribution in [3.05, 3.63) is 17.2 Å². The van der Waals surface area contributed by atoms with Gasteiger partial charge in [-0.15, -0.1) is 0 Å². The summed E-state index contributed by atoms with van der Waals surface area (Å²) in [6.45, 7) is 4.35. The van der Waals surface area contributed by atoms with Gasteiger partial charge in [0, 0.05) is 32.6 Å². The molecule has 142 valence electrons. The molecule has 0 radical (unpaired) electrons. The van der Waals surface area contributed by atoms with Crippen LogP contribution in [0.25, 0.3) is 0 Å². The van der Waals surface area contributed by atoms with Crippen LogP contribution in [0, 0.1) is 17.2 Å². The molecule has 0 saturated carbocycles. The van der Waals surface area contributed by atoms with E-state index in [2.05, 4.69) is 4.98 Å². The Balaban J connectivity index is 2.45. The molecule has 1 saturated heterocycles. The first-order chi connectivity index (χ1) is 12.0. The van der Waals surface area contributed by atoms with Crippen molar-refractivity contribution >= 4 is 17.6 Å². The number of nitriles is 1. The number of carboxylic acid groups (broad SMARTS) is 1. The van der Waals surface area contributed by atoms with Crippen molar-refractivity contribution in [1.29, 1.82) is 5.26 Å². The van der Waals surface area contributed by atoms with Crippen LogP contribution in [0.4, 0.5) is 24.8 Å². The third-order valence-electron chi connectivity index (χ3n) is 4.50. The van der Waals surface area contributed by atoms with E-state index in [-0.39, 0.29) is 36.6 Å². The zero-order valence-electron chi connectivity index (χ0n) is 14.8. The van der Waals surface area contributed by atoms with Crippen molar-refractivity contribution < 1.29 is 23.1 Å². The fourth-order valence-corrected chi connectivity index (χ4v) is 3.01. The molecule has 1 unspecified atom stereocenters. The molecule has 0 amide bonds. The zero-order chi connectivity index (χ0) is 19.6. The summed E-state index contributed by atoms with van der Waals surface area (Å²) in [5.74, 6) is -1.13. The lowest BCUT2D eigenvalue weighted by molar-refractivity contribution is -0.138. The number of carbonyl (C=O) groups is 1. The fraction of sp³-hybridized carbons (Fsp3) is 0.588. The molecule has 2 atom stereocenters. The average Bonchev–Trinajstić information content (AvgIpc) is 2.50. The van der Waals surface area contributed by atoms with Gasteiger partial charge in [0.25, 0.3) is 0 Å². The summed E-state index contributed by atoms with van der Waals surface area (Å²) < 4.78 is 40.4. The summed E-state index contributed by atoms with van der Waals surface area (Å²) >= 11 is 0. The molecule has 0 spiro atoms. The molecule has 1 fully saturated rings. The van der Waals surface area contributed by atoms with Crippen LogP contribution in [0.1, 0.15) is 37.8 Å². The second kappa shape index (κ2) is 7.40. The van der Waals surface area contributed by atoms with Crippen LogP contribution in [0.2, 0.25) is 0 Å². The number of carboxylic acids is 1. The van der Waals surface area contributed by atoms with Gasteiger partial charge in [0.2, 0.25) is 0 Å². The Morgan fingerprint density at radius 2 is 2.23 bits per heavy atom. The number of aliphatic carboxylic acids is 1. The molecule has 0 bridgehead atoms. The fourth-order valence-electron chi connectivity index (χ4n) is 3.01. The van der Waals surface area contributed by atoms with Crippen LogP contribution in [0.3, 0.4) is 0 Å². The van der Waals surface area contributed by atoms with Gasteiger partial charge in [-0.25, -0.2) is 4.98 Å². The molecule has 0 aliphatic carbocycles. The van der Waals surface area contributed by atoms with E-state index in [9.17, 15) is 23.2 Å². The number of nitrogens with zero attached hydrogens (tertiary/aromatic N) is 4. The van der Waals surface area contributed by atoms with Crippen molar-refractivity contribution in [3.8, 4) is 6.07 Å². The summed E-state index contributed by atoms with van der Waals surface area (Å²) in [5, 5.41) is 18.1. The number of anilines is 2. The standard InChI is InChI=1S/C17H21F3N4O2/c1-10(6-15(25)26)9-23(3)14-7-13(17(18,19)20)12(8-21)16(22-14)24-5-4-11(24)2/h7,10-11H,4-6,9H2,1-3H3,(H,25,26)/t10?,11-/m0/s1. The minimum Gasteiger partial charge on any atom is -0.481 e. The van der Waals surface area contributed by atoms with Gasteiger partial charge in [0.1, 0.15) is 23.3 Å². The molecule has 2 rings (SSSR count). The van der Waals surface area contributed by atoms with Crippen LogP contribution in [0.15, 0.2) is 6.07 Å². The summed E-state index contributed by atoms with van der Waals surface area (Å²) in [6, 6.07) is 2.53. The summed E-state index contributed by atoms with van der Waals surface area (Å²) in [4.78, 5) is 18.3. The largest absolute Gasteiger partial charge is 0.481 e. The number of hydrogen-bond acceptors (Lipinski definition) is 5. The third kappa shape index (κ3) is 4.18. The second-order valence-electron chi connectivity index (χ2n) is 6.75. The van der Waals surface area contributed by atoms with E-state index < -0.39 is 23.3 Å². The minimum atomic E-state index is -4.68. The number of aromatic nitrogens is 1. The number of rotatable bonds is 6. The van der Waals surface area contributed by atoms with E-state index in [0.29, 0.717) is 6.54 Å². The molecule has 1 N–H and O–H groups in total. The zero-order valence-corrected chi connectivity index (χ0v) is 14.8. The van der Waals surface area contributed by atoms with Crippen LogP contribution in [0.5, 0.6) is 0 Å². The van der Waals surface area contributed by atoms with Gasteiger partial charge in [-0.3, -0.25) is 4.79 Å². The third-order valence-corrected chi connectivity index (χ3v) is 4.50. The van der Waals surface area contributed by atoms with Crippen molar-refractivity contribution in [3.63, 3.8) is 0 Å². The van der Waals surface area contributed by atoms with Gasteiger partial charge in [0.15, 0.2) is 0 Å². The van der Waals surface area contributed by atoms with Crippen LogP contribution >= 0.6 is 0 Å². The van der Waals surface area contributed by atoms with E-state index in [1.165, 1.54) is 4.90 Å². The highest BCUT2D eigenvalue weighted by Gasteiger charge is 2.39.